The van der Waals surface area contributed by atoms with Crippen LogP contribution in [0, 0.1) is 0 Å². The fourth-order valence-electron chi connectivity index (χ4n) is 7.29. The number of furan rings is 1. The lowest BCUT2D eigenvalue weighted by molar-refractivity contribution is 0.669. The van der Waals surface area contributed by atoms with Crippen molar-refractivity contribution in [2.75, 3.05) is 0 Å². The van der Waals surface area contributed by atoms with Gasteiger partial charge in [-0.05, 0) is 68.1 Å². The van der Waals surface area contributed by atoms with Gasteiger partial charge in [-0.25, -0.2) is 15.0 Å². The zero-order valence-electron chi connectivity index (χ0n) is 27.5. The summed E-state index contributed by atoms with van der Waals surface area (Å²) in [4.78, 5) is 15.5. The fraction of sp³-hybridized carbons (Fsp3) is 0. The number of hydrogen-bond donors (Lipinski definition) is 0. The Bertz CT molecular complexity index is 2920. The van der Waals surface area contributed by atoms with Crippen molar-refractivity contribution in [3.63, 3.8) is 0 Å². The lowest BCUT2D eigenvalue weighted by atomic mass is 9.92. The maximum atomic E-state index is 6.28. The Labute approximate surface area is 294 Å². The molecule has 0 amide bonds. The third kappa shape index (κ3) is 5.04. The predicted octanol–water partition coefficient (Wildman–Crippen LogP) is 12.4. The van der Waals surface area contributed by atoms with Crippen LogP contribution < -0.4 is 0 Å². The highest BCUT2D eigenvalue weighted by Crippen LogP contribution is 2.38. The monoisotopic (exact) mass is 651 g/mol. The smallest absolute Gasteiger partial charge is 0.164 e. The maximum Gasteiger partial charge on any atom is 0.164 e. The summed E-state index contributed by atoms with van der Waals surface area (Å²) < 4.78 is 6.28. The second-order valence-corrected chi connectivity index (χ2v) is 12.8. The summed E-state index contributed by atoms with van der Waals surface area (Å²) in [5.74, 6) is 1.81. The summed E-state index contributed by atoms with van der Waals surface area (Å²) in [7, 11) is 0. The van der Waals surface area contributed by atoms with Crippen LogP contribution in [0.15, 0.2) is 180 Å². The number of aromatic nitrogens is 3. The van der Waals surface area contributed by atoms with Gasteiger partial charge in [0.05, 0.1) is 0 Å². The van der Waals surface area contributed by atoms with Crippen molar-refractivity contribution in [2.24, 2.45) is 0 Å². The highest BCUT2D eigenvalue weighted by atomic mass is 16.3. The number of para-hydroxylation sites is 1. The molecule has 2 aromatic heterocycles. The average molecular weight is 652 g/mol. The molecule has 0 fully saturated rings. The Morgan fingerprint density at radius 3 is 1.67 bits per heavy atom. The second kappa shape index (κ2) is 11.9. The highest BCUT2D eigenvalue weighted by molar-refractivity contribution is 6.09. The van der Waals surface area contributed by atoms with Crippen LogP contribution in [0.3, 0.4) is 0 Å². The Hall–Kier alpha value is -6.91. The van der Waals surface area contributed by atoms with Gasteiger partial charge in [-0.1, -0.05) is 152 Å². The first-order valence-electron chi connectivity index (χ1n) is 17.1. The minimum absolute atomic E-state index is 0.588. The van der Waals surface area contributed by atoms with Gasteiger partial charge >= 0.3 is 0 Å². The molecule has 0 aliphatic carbocycles. The van der Waals surface area contributed by atoms with Crippen molar-refractivity contribution in [1.29, 1.82) is 0 Å². The van der Waals surface area contributed by atoms with Crippen molar-refractivity contribution >= 4 is 43.5 Å². The fourth-order valence-corrected chi connectivity index (χ4v) is 7.29. The van der Waals surface area contributed by atoms with Gasteiger partial charge in [-0.15, -0.1) is 0 Å². The van der Waals surface area contributed by atoms with E-state index >= 15 is 0 Å². The second-order valence-electron chi connectivity index (χ2n) is 12.8. The zero-order valence-corrected chi connectivity index (χ0v) is 27.5. The predicted molar refractivity (Wildman–Crippen MR) is 209 cm³/mol. The third-order valence-electron chi connectivity index (χ3n) is 9.74. The molecule has 238 valence electrons. The largest absolute Gasteiger partial charge is 0.456 e. The topological polar surface area (TPSA) is 51.8 Å². The molecule has 10 rings (SSSR count). The first-order chi connectivity index (χ1) is 25.3. The van der Waals surface area contributed by atoms with E-state index in [1.54, 1.807) is 0 Å². The number of fused-ring (bicyclic) bond motifs is 5. The third-order valence-corrected chi connectivity index (χ3v) is 9.74. The van der Waals surface area contributed by atoms with E-state index in [0.29, 0.717) is 17.5 Å². The summed E-state index contributed by atoms with van der Waals surface area (Å²) >= 11 is 0. The Morgan fingerprint density at radius 2 is 0.824 bits per heavy atom. The molecule has 0 atom stereocenters. The molecule has 51 heavy (non-hydrogen) atoms. The summed E-state index contributed by atoms with van der Waals surface area (Å²) in [6.45, 7) is 0. The molecular formula is C47H29N3O. The SMILES string of the molecule is c1ccc(-c2cccc(-c3nc(-c4ccc5c(c4)oc4ccccc45)nc(-c4cccc5c(-c6cccc7ccccc67)cccc45)n3)c2)cc1. The van der Waals surface area contributed by atoms with Crippen LogP contribution in [0.1, 0.15) is 0 Å². The number of benzene rings is 8. The highest BCUT2D eigenvalue weighted by Gasteiger charge is 2.18. The maximum absolute atomic E-state index is 6.28. The van der Waals surface area contributed by atoms with Gasteiger partial charge in [-0.3, -0.25) is 0 Å². The van der Waals surface area contributed by atoms with Gasteiger partial charge in [0.25, 0.3) is 0 Å². The van der Waals surface area contributed by atoms with E-state index in [1.165, 1.54) is 21.9 Å². The van der Waals surface area contributed by atoms with Gasteiger partial charge in [0.2, 0.25) is 0 Å². The van der Waals surface area contributed by atoms with Crippen molar-refractivity contribution in [3.8, 4) is 56.4 Å². The first-order valence-corrected chi connectivity index (χ1v) is 17.1. The zero-order chi connectivity index (χ0) is 33.7. The summed E-state index contributed by atoms with van der Waals surface area (Å²) in [5.41, 5.74) is 9.00. The number of hydrogen-bond acceptors (Lipinski definition) is 4. The number of rotatable bonds is 5. The van der Waals surface area contributed by atoms with E-state index < -0.39 is 0 Å². The van der Waals surface area contributed by atoms with Gasteiger partial charge in [0.1, 0.15) is 11.2 Å². The number of nitrogens with zero attached hydrogens (tertiary/aromatic N) is 3. The molecule has 0 unspecified atom stereocenters. The van der Waals surface area contributed by atoms with E-state index in [1.807, 2.05) is 30.3 Å². The van der Waals surface area contributed by atoms with E-state index in [-0.39, 0.29) is 0 Å². The summed E-state index contributed by atoms with van der Waals surface area (Å²) in [6.07, 6.45) is 0. The molecule has 0 spiro atoms. The first kappa shape index (κ1) is 29.0. The quantitative estimate of drug-likeness (QED) is 0.186. The Kier molecular flexibility index (Phi) is 6.78. The minimum Gasteiger partial charge on any atom is -0.456 e. The van der Waals surface area contributed by atoms with Crippen molar-refractivity contribution < 1.29 is 4.42 Å². The molecule has 4 nitrogen and oxygen atoms in total. The van der Waals surface area contributed by atoms with E-state index in [0.717, 1.165) is 60.5 Å². The van der Waals surface area contributed by atoms with E-state index in [9.17, 15) is 0 Å². The van der Waals surface area contributed by atoms with Crippen LogP contribution in [0.4, 0.5) is 0 Å². The molecule has 0 radical (unpaired) electrons. The molecule has 0 aliphatic heterocycles. The molecule has 0 bridgehead atoms. The molecule has 0 saturated carbocycles. The van der Waals surface area contributed by atoms with Gasteiger partial charge in [0.15, 0.2) is 17.5 Å². The normalized spacial score (nSPS) is 11.5. The molecule has 2 heterocycles. The molecule has 0 N–H and O–H groups in total. The van der Waals surface area contributed by atoms with Gasteiger partial charge in [-0.2, -0.15) is 0 Å². The van der Waals surface area contributed by atoms with Crippen LogP contribution in [0.25, 0.3) is 99.9 Å². The average Bonchev–Trinajstić information content (AvgIpc) is 3.58. The van der Waals surface area contributed by atoms with Crippen LogP contribution in [-0.4, -0.2) is 15.0 Å². The van der Waals surface area contributed by atoms with Crippen molar-refractivity contribution in [2.45, 2.75) is 0 Å². The van der Waals surface area contributed by atoms with Crippen LogP contribution in [-0.2, 0) is 0 Å². The molecular weight excluding hydrogens is 623 g/mol. The van der Waals surface area contributed by atoms with E-state index in [2.05, 4.69) is 146 Å². The van der Waals surface area contributed by atoms with Crippen molar-refractivity contribution in [1.82, 2.24) is 15.0 Å². The summed E-state index contributed by atoms with van der Waals surface area (Å²) in [6, 6.07) is 61.1. The molecule has 8 aromatic carbocycles. The molecule has 0 saturated heterocycles. The molecule has 4 heteroatoms. The van der Waals surface area contributed by atoms with Crippen LogP contribution >= 0.6 is 0 Å². The standard InChI is InChI=1S/C47H29N3O/c1-2-12-30(13-3-1)32-16-8-17-33(28-32)45-48-46(34-26-27-41-40-19-6-7-25-43(40)51-44(41)29-34)50-47(49-45)42-24-11-22-38-37(21-10-23-39(38)42)36-20-9-15-31-14-4-5-18-35(31)36/h1-29H. The van der Waals surface area contributed by atoms with Crippen molar-refractivity contribution in [3.05, 3.63) is 176 Å². The summed E-state index contributed by atoms with van der Waals surface area (Å²) in [5, 5.41) is 6.82. The molecule has 10 aromatic rings. The van der Waals surface area contributed by atoms with E-state index in [4.69, 9.17) is 19.4 Å². The Balaban J connectivity index is 1.19. The minimum atomic E-state index is 0.588. The Morgan fingerprint density at radius 1 is 0.294 bits per heavy atom. The lowest BCUT2D eigenvalue weighted by Gasteiger charge is -2.14. The molecule has 0 aliphatic rings. The lowest BCUT2D eigenvalue weighted by Crippen LogP contribution is -2.01. The van der Waals surface area contributed by atoms with Gasteiger partial charge in [0, 0.05) is 27.5 Å². The van der Waals surface area contributed by atoms with Gasteiger partial charge < -0.3 is 4.42 Å². The van der Waals surface area contributed by atoms with Crippen LogP contribution in [0.5, 0.6) is 0 Å². The van der Waals surface area contributed by atoms with Crippen LogP contribution in [0.2, 0.25) is 0 Å².